The van der Waals surface area contributed by atoms with Crippen molar-refractivity contribution < 1.29 is 42.9 Å². The van der Waals surface area contributed by atoms with Crippen molar-refractivity contribution in [2.75, 3.05) is 6.61 Å². The number of benzene rings is 3. The van der Waals surface area contributed by atoms with Crippen molar-refractivity contribution >= 4 is 11.6 Å². The van der Waals surface area contributed by atoms with Gasteiger partial charge in [0.05, 0.1) is 32.5 Å². The van der Waals surface area contributed by atoms with Crippen molar-refractivity contribution in [2.24, 2.45) is 0 Å². The molecule has 5 atom stereocenters. The molecule has 7 heteroatoms. The third kappa shape index (κ3) is 7.68. The summed E-state index contributed by atoms with van der Waals surface area (Å²) in [6, 6.07) is 29.4. The topological polar surface area (TPSA) is 60.0 Å². The molecule has 0 spiro atoms. The van der Waals surface area contributed by atoms with Crippen LogP contribution in [0.3, 0.4) is 0 Å². The van der Waals surface area contributed by atoms with Crippen molar-refractivity contribution in [1.82, 2.24) is 0 Å². The normalized spacial score (nSPS) is 24.4. The smallest absolute Gasteiger partial charge is 0.847 e. The maximum atomic E-state index is 13.0. The Kier molecular flexibility index (Phi) is 11.1. The minimum absolute atomic E-state index is 0. The van der Waals surface area contributed by atoms with Crippen LogP contribution in [0.15, 0.2) is 91.0 Å². The quantitative estimate of drug-likeness (QED) is 0.325. The largest absolute Gasteiger partial charge is 1.00 e. The molecule has 3 aromatic carbocycles. The molecule has 5 nitrogen and oxygen atoms in total. The third-order valence-corrected chi connectivity index (χ3v) is 5.89. The molecule has 0 radical (unpaired) electrons. The molecule has 0 amide bonds. The number of hydrogen-bond donors (Lipinski definition) is 0. The van der Waals surface area contributed by atoms with Crippen LogP contribution < -0.4 is 24.0 Å². The molecule has 4 rings (SSSR count). The molecule has 0 N–H and O–H groups in total. The molecule has 1 aliphatic rings. The Morgan fingerprint density at radius 3 is 1.62 bits per heavy atom. The van der Waals surface area contributed by atoms with Gasteiger partial charge in [0.2, 0.25) is 0 Å². The molecule has 0 saturated carbocycles. The van der Waals surface area contributed by atoms with Gasteiger partial charge in [0.15, 0.2) is 0 Å². The van der Waals surface area contributed by atoms with E-state index in [2.05, 4.69) is 0 Å². The Morgan fingerprint density at radius 1 is 0.676 bits per heavy atom. The first kappa shape index (κ1) is 26.9. The first-order chi connectivity index (χ1) is 16.2. The first-order valence-corrected chi connectivity index (χ1v) is 11.5. The van der Waals surface area contributed by atoms with Gasteiger partial charge in [-0.25, -0.2) is 0 Å². The summed E-state index contributed by atoms with van der Waals surface area (Å²) in [6.45, 7) is 1.27. The van der Waals surface area contributed by atoms with Gasteiger partial charge in [-0.3, -0.25) is 0 Å². The van der Waals surface area contributed by atoms with E-state index in [0.29, 0.717) is 13.2 Å². The van der Waals surface area contributed by atoms with Gasteiger partial charge in [0.1, 0.15) is 17.8 Å². The Bertz CT molecular complexity index is 947. The van der Waals surface area contributed by atoms with Crippen LogP contribution in [-0.2, 0) is 38.8 Å². The molecule has 0 bridgehead atoms. The molecule has 1 heterocycles. The van der Waals surface area contributed by atoms with E-state index in [-0.39, 0.29) is 32.1 Å². The molecule has 0 aliphatic carbocycles. The van der Waals surface area contributed by atoms with E-state index in [4.69, 9.17) is 30.5 Å². The summed E-state index contributed by atoms with van der Waals surface area (Å²) in [7, 11) is 0. The van der Waals surface area contributed by atoms with E-state index in [1.165, 1.54) is 0 Å². The van der Waals surface area contributed by atoms with E-state index in [9.17, 15) is 5.11 Å². The van der Waals surface area contributed by atoms with Crippen LogP contribution in [0.2, 0.25) is 0 Å². The fourth-order valence-electron chi connectivity index (χ4n) is 3.80. The third-order valence-electron chi connectivity index (χ3n) is 5.54. The van der Waals surface area contributed by atoms with Gasteiger partial charge in [-0.2, -0.15) is 0 Å². The number of ether oxygens (including phenoxy) is 4. The van der Waals surface area contributed by atoms with Crippen LogP contribution in [0.5, 0.6) is 0 Å². The summed E-state index contributed by atoms with van der Waals surface area (Å²) < 4.78 is 24.1. The van der Waals surface area contributed by atoms with Gasteiger partial charge in [-0.15, -0.1) is 0 Å². The minimum atomic E-state index is -1.29. The van der Waals surface area contributed by atoms with Crippen molar-refractivity contribution in [1.29, 1.82) is 0 Å². The van der Waals surface area contributed by atoms with Gasteiger partial charge in [0.25, 0.3) is 0 Å². The van der Waals surface area contributed by atoms with E-state index in [1.54, 1.807) is 0 Å². The Morgan fingerprint density at radius 2 is 1.12 bits per heavy atom. The van der Waals surface area contributed by atoms with Gasteiger partial charge in [-0.1, -0.05) is 109 Å². The van der Waals surface area contributed by atoms with E-state index >= 15 is 0 Å². The molecular weight excluding hydrogens is 447 g/mol. The van der Waals surface area contributed by atoms with E-state index in [0.717, 1.165) is 16.7 Å². The van der Waals surface area contributed by atoms with Crippen molar-refractivity contribution in [3.8, 4) is 0 Å². The molecule has 1 saturated heterocycles. The zero-order valence-corrected chi connectivity index (χ0v) is 20.1. The molecule has 3 aromatic rings. The summed E-state index contributed by atoms with van der Waals surface area (Å²) in [5.74, 6) is 0. The molecular formula is C27H28ClLiO5. The molecule has 1 aliphatic heterocycles. The number of hydrogen-bond acceptors (Lipinski definition) is 5. The standard InChI is InChI=1S/C27H28ClO5.Li/c28-27-24(29)26(32-18-22-14-8-3-9-15-22)25(31-17-21-12-6-2-7-13-21)23(33-27)19-30-16-20-10-4-1-5-11-20;/h1-15,23-27H,16-19H2;/q-1;+1/t23-,24-,25-,26-,27+;/m1./s1. The Balaban J connectivity index is 0.00000324. The predicted octanol–water partition coefficient (Wildman–Crippen LogP) is 1.07. The summed E-state index contributed by atoms with van der Waals surface area (Å²) in [6.07, 6.45) is -3.23. The van der Waals surface area contributed by atoms with Crippen LogP contribution in [0.25, 0.3) is 0 Å². The zero-order valence-electron chi connectivity index (χ0n) is 19.3. The molecule has 0 aromatic heterocycles. The maximum Gasteiger partial charge on any atom is 1.00 e. The van der Waals surface area contributed by atoms with Crippen LogP contribution >= 0.6 is 11.6 Å². The van der Waals surface area contributed by atoms with Crippen LogP contribution in [-0.4, -0.2) is 36.6 Å². The second-order valence-electron chi connectivity index (χ2n) is 8.01. The predicted molar refractivity (Wildman–Crippen MR) is 124 cm³/mol. The average Bonchev–Trinajstić information content (AvgIpc) is 2.86. The van der Waals surface area contributed by atoms with Gasteiger partial charge in [0, 0.05) is 0 Å². The number of alkyl halides is 1. The summed E-state index contributed by atoms with van der Waals surface area (Å²) >= 11 is 6.29. The maximum absolute atomic E-state index is 13.0. The second kappa shape index (κ2) is 14.0. The number of rotatable bonds is 10. The van der Waals surface area contributed by atoms with Crippen molar-refractivity contribution in [3.63, 3.8) is 0 Å². The molecule has 1 fully saturated rings. The van der Waals surface area contributed by atoms with Crippen LogP contribution in [0, 0.1) is 0 Å². The van der Waals surface area contributed by atoms with E-state index in [1.807, 2.05) is 91.0 Å². The van der Waals surface area contributed by atoms with Gasteiger partial charge >= 0.3 is 18.9 Å². The Hall–Kier alpha value is -1.65. The fourth-order valence-corrected chi connectivity index (χ4v) is 4.07. The monoisotopic (exact) mass is 474 g/mol. The van der Waals surface area contributed by atoms with Crippen LogP contribution in [0.1, 0.15) is 16.7 Å². The average molecular weight is 475 g/mol. The molecule has 34 heavy (non-hydrogen) atoms. The summed E-state index contributed by atoms with van der Waals surface area (Å²) in [4.78, 5) is 0. The fraction of sp³-hybridized carbons (Fsp3) is 0.333. The van der Waals surface area contributed by atoms with Crippen LogP contribution in [0.4, 0.5) is 0 Å². The minimum Gasteiger partial charge on any atom is -0.847 e. The summed E-state index contributed by atoms with van der Waals surface area (Å²) in [5, 5.41) is 13.0. The first-order valence-electron chi connectivity index (χ1n) is 11.1. The van der Waals surface area contributed by atoms with Gasteiger partial charge in [-0.05, 0) is 16.7 Å². The second-order valence-corrected chi connectivity index (χ2v) is 8.44. The molecule has 174 valence electrons. The van der Waals surface area contributed by atoms with E-state index < -0.39 is 30.0 Å². The van der Waals surface area contributed by atoms with Crippen molar-refractivity contribution in [2.45, 2.75) is 49.8 Å². The zero-order chi connectivity index (χ0) is 22.9. The number of halogens is 1. The van der Waals surface area contributed by atoms with Gasteiger partial charge < -0.3 is 24.1 Å². The Labute approximate surface area is 218 Å². The molecule has 0 unspecified atom stereocenters. The SMILES string of the molecule is [Li+].[O-][C@@H]1[C@@H](OCc2ccccc2)[C@H](OCc2ccccc2)[C@@H](COCc2ccccc2)O[C@@H]1Cl. The summed E-state index contributed by atoms with van der Waals surface area (Å²) in [5.41, 5.74) is 1.99. The van der Waals surface area contributed by atoms with Crippen molar-refractivity contribution in [3.05, 3.63) is 108 Å².